The standard InChI is InChI=1S/C16H21N7O/c1-5-23-11(2)13(6-19-23)9-22-10-14(7-18-22)20-16(24)15-8-17-21(4)12(15)3/h6-8,10H,5,9H2,1-4H3,(H,20,24). The van der Waals surface area contributed by atoms with Gasteiger partial charge in [-0.25, -0.2) is 0 Å². The Hall–Kier alpha value is -2.90. The molecule has 0 fully saturated rings. The summed E-state index contributed by atoms with van der Waals surface area (Å²) in [6.45, 7) is 7.43. The van der Waals surface area contributed by atoms with Crippen molar-refractivity contribution in [2.24, 2.45) is 7.05 Å². The molecule has 0 aliphatic carbocycles. The molecule has 0 spiro atoms. The lowest BCUT2D eigenvalue weighted by molar-refractivity contribution is 0.102. The second kappa shape index (κ2) is 6.31. The number of rotatable bonds is 5. The maximum atomic E-state index is 12.3. The van der Waals surface area contributed by atoms with Crippen molar-refractivity contribution in [1.82, 2.24) is 29.3 Å². The number of aryl methyl sites for hydroxylation is 2. The Kier molecular flexibility index (Phi) is 4.20. The van der Waals surface area contributed by atoms with Crippen LogP contribution in [0.2, 0.25) is 0 Å². The van der Waals surface area contributed by atoms with Gasteiger partial charge in [-0.3, -0.25) is 18.8 Å². The third-order valence-corrected chi connectivity index (χ3v) is 4.21. The van der Waals surface area contributed by atoms with Gasteiger partial charge in [0.25, 0.3) is 5.91 Å². The van der Waals surface area contributed by atoms with E-state index in [0.717, 1.165) is 23.5 Å². The minimum atomic E-state index is -0.185. The average Bonchev–Trinajstić information content (AvgIpc) is 3.23. The van der Waals surface area contributed by atoms with Gasteiger partial charge in [0.2, 0.25) is 0 Å². The van der Waals surface area contributed by atoms with Crippen molar-refractivity contribution < 1.29 is 4.79 Å². The summed E-state index contributed by atoms with van der Waals surface area (Å²) in [5.74, 6) is -0.185. The van der Waals surface area contributed by atoms with Crippen molar-refractivity contribution in [3.63, 3.8) is 0 Å². The van der Waals surface area contributed by atoms with E-state index < -0.39 is 0 Å². The fraction of sp³-hybridized carbons (Fsp3) is 0.375. The third-order valence-electron chi connectivity index (χ3n) is 4.21. The van der Waals surface area contributed by atoms with Crippen LogP contribution in [0.5, 0.6) is 0 Å². The van der Waals surface area contributed by atoms with Crippen molar-refractivity contribution in [3.8, 4) is 0 Å². The van der Waals surface area contributed by atoms with Crippen LogP contribution in [0.15, 0.2) is 24.8 Å². The van der Waals surface area contributed by atoms with Crippen LogP contribution < -0.4 is 5.32 Å². The molecule has 0 atom stereocenters. The number of hydrogen-bond donors (Lipinski definition) is 1. The maximum absolute atomic E-state index is 12.3. The second-order valence-electron chi connectivity index (χ2n) is 5.72. The van der Waals surface area contributed by atoms with E-state index in [1.165, 1.54) is 0 Å². The van der Waals surface area contributed by atoms with Crippen LogP contribution in [0.3, 0.4) is 0 Å². The Balaban J connectivity index is 1.70. The zero-order valence-electron chi connectivity index (χ0n) is 14.3. The minimum Gasteiger partial charge on any atom is -0.319 e. The summed E-state index contributed by atoms with van der Waals surface area (Å²) in [7, 11) is 1.81. The van der Waals surface area contributed by atoms with Crippen LogP contribution >= 0.6 is 0 Å². The molecule has 3 heterocycles. The summed E-state index contributed by atoms with van der Waals surface area (Å²) < 4.78 is 5.41. The van der Waals surface area contributed by atoms with Gasteiger partial charge in [0, 0.05) is 36.7 Å². The summed E-state index contributed by atoms with van der Waals surface area (Å²) >= 11 is 0. The second-order valence-corrected chi connectivity index (χ2v) is 5.72. The highest BCUT2D eigenvalue weighted by Gasteiger charge is 2.14. The van der Waals surface area contributed by atoms with Crippen molar-refractivity contribution in [2.75, 3.05) is 5.32 Å². The molecule has 8 nitrogen and oxygen atoms in total. The number of anilines is 1. The van der Waals surface area contributed by atoms with E-state index >= 15 is 0 Å². The van der Waals surface area contributed by atoms with Gasteiger partial charge in [0.15, 0.2) is 0 Å². The molecule has 1 N–H and O–H groups in total. The lowest BCUT2D eigenvalue weighted by Gasteiger charge is -2.03. The van der Waals surface area contributed by atoms with E-state index in [1.54, 1.807) is 21.8 Å². The lowest BCUT2D eigenvalue weighted by Crippen LogP contribution is -2.12. The zero-order valence-corrected chi connectivity index (χ0v) is 14.3. The van der Waals surface area contributed by atoms with E-state index in [1.807, 2.05) is 38.0 Å². The number of aromatic nitrogens is 6. The van der Waals surface area contributed by atoms with E-state index in [9.17, 15) is 4.79 Å². The van der Waals surface area contributed by atoms with Crippen LogP contribution in [0, 0.1) is 13.8 Å². The molecule has 0 radical (unpaired) electrons. The Morgan fingerprint density at radius 3 is 2.54 bits per heavy atom. The predicted octanol–water partition coefficient (Wildman–Crippen LogP) is 1.75. The maximum Gasteiger partial charge on any atom is 0.259 e. The van der Waals surface area contributed by atoms with Crippen molar-refractivity contribution >= 4 is 11.6 Å². The zero-order chi connectivity index (χ0) is 17.3. The van der Waals surface area contributed by atoms with Gasteiger partial charge in [0.1, 0.15) is 0 Å². The number of carbonyl (C=O) groups excluding carboxylic acids is 1. The monoisotopic (exact) mass is 327 g/mol. The molecule has 0 bridgehead atoms. The molecular formula is C16H21N7O. The van der Waals surface area contributed by atoms with E-state index in [-0.39, 0.29) is 5.91 Å². The molecule has 24 heavy (non-hydrogen) atoms. The van der Waals surface area contributed by atoms with E-state index in [2.05, 4.69) is 27.5 Å². The number of hydrogen-bond acceptors (Lipinski definition) is 4. The lowest BCUT2D eigenvalue weighted by atomic mass is 10.2. The molecule has 0 aromatic carbocycles. The molecule has 3 aromatic heterocycles. The van der Waals surface area contributed by atoms with Gasteiger partial charge in [0.05, 0.1) is 36.4 Å². The van der Waals surface area contributed by atoms with Crippen LogP contribution in [0.1, 0.15) is 34.2 Å². The van der Waals surface area contributed by atoms with Crippen LogP contribution in [-0.2, 0) is 20.1 Å². The summed E-state index contributed by atoms with van der Waals surface area (Å²) in [6.07, 6.45) is 6.88. The number of carbonyl (C=O) groups is 1. The van der Waals surface area contributed by atoms with Crippen molar-refractivity contribution in [3.05, 3.63) is 47.3 Å². The molecule has 0 aliphatic heterocycles. The average molecular weight is 327 g/mol. The number of amides is 1. The molecule has 0 aliphatic rings. The third kappa shape index (κ3) is 2.94. The first-order valence-electron chi connectivity index (χ1n) is 7.83. The van der Waals surface area contributed by atoms with Gasteiger partial charge in [-0.2, -0.15) is 15.3 Å². The molecule has 3 aromatic rings. The molecule has 8 heteroatoms. The molecule has 0 unspecified atom stereocenters. The highest BCUT2D eigenvalue weighted by molar-refractivity contribution is 6.04. The van der Waals surface area contributed by atoms with E-state index in [4.69, 9.17) is 0 Å². The molecule has 0 saturated carbocycles. The topological polar surface area (TPSA) is 82.6 Å². The van der Waals surface area contributed by atoms with Crippen LogP contribution in [0.4, 0.5) is 5.69 Å². The predicted molar refractivity (Wildman–Crippen MR) is 89.9 cm³/mol. The highest BCUT2D eigenvalue weighted by atomic mass is 16.1. The van der Waals surface area contributed by atoms with Crippen molar-refractivity contribution in [1.29, 1.82) is 0 Å². The Bertz CT molecular complexity index is 871. The molecule has 3 rings (SSSR count). The SMILES string of the molecule is CCn1ncc(Cn2cc(NC(=O)c3cnn(C)c3C)cn2)c1C. The summed E-state index contributed by atoms with van der Waals surface area (Å²) in [5, 5.41) is 15.6. The summed E-state index contributed by atoms with van der Waals surface area (Å²) in [4.78, 5) is 12.3. The van der Waals surface area contributed by atoms with Crippen molar-refractivity contribution in [2.45, 2.75) is 33.9 Å². The molecule has 0 saturated heterocycles. The van der Waals surface area contributed by atoms with Gasteiger partial charge in [-0.1, -0.05) is 0 Å². The number of nitrogens with one attached hydrogen (secondary N) is 1. The Morgan fingerprint density at radius 1 is 1.12 bits per heavy atom. The van der Waals surface area contributed by atoms with Gasteiger partial charge < -0.3 is 5.32 Å². The first-order valence-corrected chi connectivity index (χ1v) is 7.83. The quantitative estimate of drug-likeness (QED) is 0.774. The fourth-order valence-electron chi connectivity index (χ4n) is 2.57. The molecule has 1 amide bonds. The van der Waals surface area contributed by atoms with Gasteiger partial charge >= 0.3 is 0 Å². The normalized spacial score (nSPS) is 11.0. The summed E-state index contributed by atoms with van der Waals surface area (Å²) in [5.41, 5.74) is 4.28. The smallest absolute Gasteiger partial charge is 0.259 e. The summed E-state index contributed by atoms with van der Waals surface area (Å²) in [6, 6.07) is 0. The van der Waals surface area contributed by atoms with Gasteiger partial charge in [-0.15, -0.1) is 0 Å². The molecular weight excluding hydrogens is 306 g/mol. The Morgan fingerprint density at radius 2 is 1.92 bits per heavy atom. The van der Waals surface area contributed by atoms with Crippen LogP contribution in [0.25, 0.3) is 0 Å². The molecule has 126 valence electrons. The highest BCUT2D eigenvalue weighted by Crippen LogP contribution is 2.13. The van der Waals surface area contributed by atoms with Gasteiger partial charge in [-0.05, 0) is 20.8 Å². The first-order chi connectivity index (χ1) is 11.5. The fourth-order valence-corrected chi connectivity index (χ4v) is 2.57. The largest absolute Gasteiger partial charge is 0.319 e. The van der Waals surface area contributed by atoms with E-state index in [0.29, 0.717) is 17.8 Å². The number of nitrogens with zero attached hydrogens (tertiary/aromatic N) is 6. The van der Waals surface area contributed by atoms with Crippen LogP contribution in [-0.4, -0.2) is 35.2 Å². The first kappa shape index (κ1) is 16.0. The Labute approximate surface area is 140 Å². The minimum absolute atomic E-state index is 0.185.